The van der Waals surface area contributed by atoms with Crippen LogP contribution in [0, 0.1) is 0 Å². The van der Waals surface area contributed by atoms with Gasteiger partial charge in [-0.1, -0.05) is 35.0 Å². The van der Waals surface area contributed by atoms with Crippen molar-refractivity contribution in [1.29, 1.82) is 0 Å². The molecule has 1 aliphatic heterocycles. The number of hydrogen-bond acceptors (Lipinski definition) is 7. The van der Waals surface area contributed by atoms with Crippen molar-refractivity contribution in [1.82, 2.24) is 21.3 Å². The Labute approximate surface area is 218 Å². The van der Waals surface area contributed by atoms with Crippen molar-refractivity contribution in [3.63, 3.8) is 0 Å². The number of benzene rings is 1. The highest BCUT2D eigenvalue weighted by molar-refractivity contribution is 8.14. The predicted octanol–water partition coefficient (Wildman–Crippen LogP) is 2.04. The molecule has 0 spiro atoms. The number of amides is 4. The van der Waals surface area contributed by atoms with E-state index in [4.69, 9.17) is 27.6 Å². The van der Waals surface area contributed by atoms with E-state index in [1.165, 1.54) is 30.5 Å². The highest BCUT2D eigenvalue weighted by Gasteiger charge is 2.30. The van der Waals surface area contributed by atoms with Gasteiger partial charge in [0.15, 0.2) is 0 Å². The van der Waals surface area contributed by atoms with Crippen molar-refractivity contribution in [3.8, 4) is 0 Å². The molecular weight excluding hydrogens is 535 g/mol. The number of halogens is 2. The Morgan fingerprint density at radius 2 is 1.94 bits per heavy atom. The fourth-order valence-corrected chi connectivity index (χ4v) is 4.50. The van der Waals surface area contributed by atoms with E-state index in [9.17, 15) is 29.1 Å². The zero-order chi connectivity index (χ0) is 26.2. The van der Waals surface area contributed by atoms with E-state index in [0.29, 0.717) is 11.3 Å². The summed E-state index contributed by atoms with van der Waals surface area (Å²) in [7, 11) is 0. The third kappa shape index (κ3) is 7.51. The number of carbonyl (C=O) groups is 5. The van der Waals surface area contributed by atoms with Crippen LogP contribution < -0.4 is 21.3 Å². The summed E-state index contributed by atoms with van der Waals surface area (Å²) in [5.41, 5.74) is 0.336. The first-order valence-electron chi connectivity index (χ1n) is 10.4. The summed E-state index contributed by atoms with van der Waals surface area (Å²) in [5, 5.41) is 18.7. The molecule has 1 aromatic heterocycles. The van der Waals surface area contributed by atoms with Crippen molar-refractivity contribution in [3.05, 3.63) is 63.5 Å². The number of nitrogens with one attached hydrogen (secondary N) is 4. The minimum absolute atomic E-state index is 0.0580. The Morgan fingerprint density at radius 3 is 2.53 bits per heavy atom. The molecule has 5 N–H and O–H groups in total. The zero-order valence-electron chi connectivity index (χ0n) is 18.4. The summed E-state index contributed by atoms with van der Waals surface area (Å²) >= 11 is 13.4. The first-order chi connectivity index (χ1) is 17.1. The molecule has 0 bridgehead atoms. The lowest BCUT2D eigenvalue weighted by atomic mass is 10.1. The predicted molar refractivity (Wildman–Crippen MR) is 133 cm³/mol. The second kappa shape index (κ2) is 12.5. The van der Waals surface area contributed by atoms with Crippen molar-refractivity contribution < 1.29 is 33.5 Å². The lowest BCUT2D eigenvalue weighted by molar-refractivity contribution is -0.139. The Bertz CT molecular complexity index is 1180. The molecule has 1 saturated heterocycles. The molecule has 36 heavy (non-hydrogen) atoms. The first-order valence-corrected chi connectivity index (χ1v) is 12.1. The fraction of sp³-hybridized carbons (Fsp3) is 0.227. The van der Waals surface area contributed by atoms with Gasteiger partial charge in [0, 0.05) is 24.9 Å². The first kappa shape index (κ1) is 27.1. The number of carboxylic acids is 1. The molecule has 14 heteroatoms. The molecule has 3 rings (SSSR count). The molecule has 4 amide bonds. The van der Waals surface area contributed by atoms with E-state index in [0.717, 1.165) is 11.8 Å². The third-order valence-electron chi connectivity index (χ3n) is 4.81. The average molecular weight is 555 g/mol. The summed E-state index contributed by atoms with van der Waals surface area (Å²) < 4.78 is 5.10. The van der Waals surface area contributed by atoms with Crippen LogP contribution in [0.3, 0.4) is 0 Å². The van der Waals surface area contributed by atoms with Gasteiger partial charge in [0.05, 0.1) is 21.9 Å². The van der Waals surface area contributed by atoms with E-state index >= 15 is 0 Å². The molecule has 2 heterocycles. The standard InChI is InChI=1S/C22H20Cl2N4O7S/c23-13-6-11(8-25-17(29)4-3-12-2-1-5-35-12)7-14(24)18(13)20(31)27-15(21(32)33)9-26-19(30)16-10-36-22(34)28-16/h1-7,15-16H,8-10H2,(H,25,29)(H,26,30)(H,27,31)(H,28,34)(H,32,33)/b4-3+/t15-,16-/m0/s1. The van der Waals surface area contributed by atoms with Gasteiger partial charge in [0.1, 0.15) is 17.8 Å². The highest BCUT2D eigenvalue weighted by atomic mass is 35.5. The van der Waals surface area contributed by atoms with Crippen LogP contribution in [0.4, 0.5) is 4.79 Å². The molecule has 1 aromatic carbocycles. The lowest BCUT2D eigenvalue weighted by Gasteiger charge is -2.18. The number of aliphatic carboxylic acids is 1. The minimum Gasteiger partial charge on any atom is -0.480 e. The van der Waals surface area contributed by atoms with Crippen LogP contribution >= 0.6 is 35.0 Å². The molecule has 190 valence electrons. The van der Waals surface area contributed by atoms with Crippen LogP contribution in [0.15, 0.2) is 41.0 Å². The van der Waals surface area contributed by atoms with Gasteiger partial charge in [-0.15, -0.1) is 0 Å². The summed E-state index contributed by atoms with van der Waals surface area (Å²) in [4.78, 5) is 59.6. The minimum atomic E-state index is -1.49. The quantitative estimate of drug-likeness (QED) is 0.278. The monoisotopic (exact) mass is 554 g/mol. The largest absolute Gasteiger partial charge is 0.480 e. The van der Waals surface area contributed by atoms with E-state index in [1.807, 2.05) is 0 Å². The SMILES string of the molecule is O=C(/C=C/c1ccco1)NCc1cc(Cl)c(C(=O)N[C@@H](CNC(=O)[C@@H]2CSC(=O)N2)C(=O)O)c(Cl)c1. The summed E-state index contributed by atoms with van der Waals surface area (Å²) in [5.74, 6) is -2.52. The normalized spacial score (nSPS) is 15.8. The molecule has 0 unspecified atom stereocenters. The van der Waals surface area contributed by atoms with Gasteiger partial charge in [-0.05, 0) is 35.9 Å². The molecular formula is C22H20Cl2N4O7S. The molecule has 0 radical (unpaired) electrons. The molecule has 1 fully saturated rings. The molecule has 0 aliphatic carbocycles. The van der Waals surface area contributed by atoms with E-state index in [1.54, 1.807) is 12.1 Å². The number of furan rings is 1. The van der Waals surface area contributed by atoms with Gasteiger partial charge in [-0.3, -0.25) is 19.2 Å². The van der Waals surface area contributed by atoms with Gasteiger partial charge < -0.3 is 30.8 Å². The van der Waals surface area contributed by atoms with Gasteiger partial charge in [-0.2, -0.15) is 0 Å². The number of hydrogen-bond donors (Lipinski definition) is 5. The Morgan fingerprint density at radius 1 is 1.22 bits per heavy atom. The maximum atomic E-state index is 12.7. The zero-order valence-corrected chi connectivity index (χ0v) is 20.7. The maximum absolute atomic E-state index is 12.7. The van der Waals surface area contributed by atoms with Crippen LogP contribution in [0.5, 0.6) is 0 Å². The summed E-state index contributed by atoms with van der Waals surface area (Å²) in [6.45, 7) is -0.371. The Balaban J connectivity index is 1.58. The number of rotatable bonds is 10. The lowest BCUT2D eigenvalue weighted by Crippen LogP contribution is -2.51. The Hall–Kier alpha value is -3.48. The van der Waals surface area contributed by atoms with Gasteiger partial charge in [0.25, 0.3) is 11.1 Å². The number of thioether (sulfide) groups is 1. The summed E-state index contributed by atoms with van der Waals surface area (Å²) in [6.07, 6.45) is 4.26. The Kier molecular flexibility index (Phi) is 9.39. The van der Waals surface area contributed by atoms with Crippen LogP contribution in [-0.2, 0) is 20.9 Å². The van der Waals surface area contributed by atoms with Crippen molar-refractivity contribution in [2.24, 2.45) is 0 Å². The number of carbonyl (C=O) groups excluding carboxylic acids is 4. The average Bonchev–Trinajstić information content (AvgIpc) is 3.50. The van der Waals surface area contributed by atoms with Crippen molar-refractivity contribution in [2.45, 2.75) is 18.6 Å². The van der Waals surface area contributed by atoms with Crippen LogP contribution in [0.1, 0.15) is 21.7 Å². The molecule has 11 nitrogen and oxygen atoms in total. The van der Waals surface area contributed by atoms with Gasteiger partial charge >= 0.3 is 5.97 Å². The fourth-order valence-electron chi connectivity index (χ4n) is 3.02. The molecule has 1 aliphatic rings. The number of carboxylic acid groups (broad SMARTS) is 1. The maximum Gasteiger partial charge on any atom is 0.328 e. The second-order valence-electron chi connectivity index (χ2n) is 7.41. The van der Waals surface area contributed by atoms with E-state index < -0.39 is 42.3 Å². The summed E-state index contributed by atoms with van der Waals surface area (Å²) in [6, 6.07) is 3.92. The van der Waals surface area contributed by atoms with Gasteiger partial charge in [-0.25, -0.2) is 4.79 Å². The van der Waals surface area contributed by atoms with E-state index in [-0.39, 0.29) is 33.1 Å². The van der Waals surface area contributed by atoms with Crippen molar-refractivity contribution in [2.75, 3.05) is 12.3 Å². The smallest absolute Gasteiger partial charge is 0.328 e. The van der Waals surface area contributed by atoms with Crippen LogP contribution in [0.25, 0.3) is 6.08 Å². The topological polar surface area (TPSA) is 167 Å². The molecule has 2 atom stereocenters. The molecule has 2 aromatic rings. The van der Waals surface area contributed by atoms with Crippen molar-refractivity contribution >= 4 is 70.0 Å². The van der Waals surface area contributed by atoms with Crippen LogP contribution in [0.2, 0.25) is 10.0 Å². The van der Waals surface area contributed by atoms with E-state index in [2.05, 4.69) is 21.3 Å². The third-order valence-corrected chi connectivity index (χ3v) is 6.29. The molecule has 0 saturated carbocycles. The van der Waals surface area contributed by atoms with Gasteiger partial charge in [0.2, 0.25) is 11.8 Å². The van der Waals surface area contributed by atoms with Crippen LogP contribution in [-0.4, -0.2) is 58.4 Å². The second-order valence-corrected chi connectivity index (χ2v) is 9.21. The highest BCUT2D eigenvalue weighted by Crippen LogP contribution is 2.27.